The van der Waals surface area contributed by atoms with Crippen LogP contribution in [0.25, 0.3) is 0 Å². The number of rotatable bonds is 1. The number of likely N-dealkylation sites (tertiary alicyclic amines) is 1. The Labute approximate surface area is 87.0 Å². The van der Waals surface area contributed by atoms with Gasteiger partial charge in [-0.15, -0.1) is 0 Å². The molecule has 0 aromatic carbocycles. The summed E-state index contributed by atoms with van der Waals surface area (Å²) in [5, 5.41) is 3.53. The summed E-state index contributed by atoms with van der Waals surface area (Å²) in [4.78, 5) is 2.75. The van der Waals surface area contributed by atoms with Crippen LogP contribution in [0, 0.1) is 5.41 Å². The van der Waals surface area contributed by atoms with Crippen LogP contribution in [0.15, 0.2) is 0 Å². The van der Waals surface area contributed by atoms with E-state index in [2.05, 4.69) is 17.1 Å². The fourth-order valence-electron chi connectivity index (χ4n) is 3.24. The molecule has 3 fully saturated rings. The van der Waals surface area contributed by atoms with Crippen molar-refractivity contribution in [2.24, 2.45) is 5.41 Å². The number of nitrogens with zero attached hydrogens (tertiary/aromatic N) is 1. The number of piperidine rings is 1. The average Bonchev–Trinajstić information content (AvgIpc) is 2.78. The zero-order chi connectivity index (χ0) is 9.65. The molecule has 14 heavy (non-hydrogen) atoms. The lowest BCUT2D eigenvalue weighted by Crippen LogP contribution is -2.46. The minimum absolute atomic E-state index is 0.619. The van der Waals surface area contributed by atoms with Crippen molar-refractivity contribution in [2.75, 3.05) is 26.2 Å². The quantitative estimate of drug-likeness (QED) is 0.682. The van der Waals surface area contributed by atoms with Crippen LogP contribution in [0.4, 0.5) is 0 Å². The van der Waals surface area contributed by atoms with Gasteiger partial charge in [0.05, 0.1) is 0 Å². The molecule has 0 aromatic rings. The maximum Gasteiger partial charge on any atom is 0.0182 e. The van der Waals surface area contributed by atoms with Gasteiger partial charge in [0.1, 0.15) is 0 Å². The van der Waals surface area contributed by atoms with Crippen molar-refractivity contribution < 1.29 is 0 Å². The first-order valence-corrected chi connectivity index (χ1v) is 6.18. The Hall–Kier alpha value is -0.0800. The van der Waals surface area contributed by atoms with Crippen LogP contribution in [0.1, 0.15) is 39.0 Å². The van der Waals surface area contributed by atoms with Gasteiger partial charge in [0, 0.05) is 12.1 Å². The van der Waals surface area contributed by atoms with E-state index in [4.69, 9.17) is 0 Å². The summed E-state index contributed by atoms with van der Waals surface area (Å²) in [5.74, 6) is 0. The molecule has 0 atom stereocenters. The number of nitrogens with one attached hydrogen (secondary N) is 1. The first kappa shape index (κ1) is 9.17. The number of hydrogen-bond donors (Lipinski definition) is 1. The lowest BCUT2D eigenvalue weighted by molar-refractivity contribution is 0.0801. The van der Waals surface area contributed by atoms with Crippen molar-refractivity contribution in [1.29, 1.82) is 0 Å². The molecule has 2 heterocycles. The van der Waals surface area contributed by atoms with Crippen LogP contribution in [-0.4, -0.2) is 36.6 Å². The van der Waals surface area contributed by atoms with Crippen molar-refractivity contribution in [3.63, 3.8) is 0 Å². The van der Waals surface area contributed by atoms with E-state index in [9.17, 15) is 0 Å². The zero-order valence-corrected chi connectivity index (χ0v) is 9.31. The molecule has 0 aromatic heterocycles. The highest BCUT2D eigenvalue weighted by Crippen LogP contribution is 2.46. The van der Waals surface area contributed by atoms with Crippen LogP contribution in [-0.2, 0) is 0 Å². The third-order valence-corrected chi connectivity index (χ3v) is 4.89. The summed E-state index contributed by atoms with van der Waals surface area (Å²) in [5.41, 5.74) is 1.31. The van der Waals surface area contributed by atoms with Gasteiger partial charge in [-0.25, -0.2) is 0 Å². The summed E-state index contributed by atoms with van der Waals surface area (Å²) in [6.07, 6.45) is 7.19. The standard InChI is InChI=1S/C12H22N2/c1-11(2-3-11)14-8-5-12(6-9-14)4-7-13-10-12/h13H,2-10H2,1H3. The molecular formula is C12H22N2. The Morgan fingerprint density at radius 2 is 1.71 bits per heavy atom. The number of hydrogen-bond acceptors (Lipinski definition) is 2. The van der Waals surface area contributed by atoms with E-state index in [1.807, 2.05) is 0 Å². The van der Waals surface area contributed by atoms with Crippen LogP contribution in [0.5, 0.6) is 0 Å². The molecule has 0 bridgehead atoms. The fraction of sp³-hybridized carbons (Fsp3) is 1.00. The largest absolute Gasteiger partial charge is 0.316 e. The summed E-state index contributed by atoms with van der Waals surface area (Å²) in [6, 6.07) is 0. The highest BCUT2D eigenvalue weighted by Gasteiger charge is 2.47. The molecule has 2 heteroatoms. The normalized spacial score (nSPS) is 34.9. The van der Waals surface area contributed by atoms with E-state index in [-0.39, 0.29) is 0 Å². The third-order valence-electron chi connectivity index (χ3n) is 4.89. The maximum absolute atomic E-state index is 3.53. The monoisotopic (exact) mass is 194 g/mol. The summed E-state index contributed by atoms with van der Waals surface area (Å²) < 4.78 is 0. The van der Waals surface area contributed by atoms with Gasteiger partial charge in [-0.05, 0) is 64.1 Å². The van der Waals surface area contributed by atoms with E-state index < -0.39 is 0 Å². The molecule has 3 rings (SSSR count). The van der Waals surface area contributed by atoms with Crippen molar-refractivity contribution >= 4 is 0 Å². The molecule has 1 spiro atoms. The summed E-state index contributed by atoms with van der Waals surface area (Å²) in [6.45, 7) is 7.71. The lowest BCUT2D eigenvalue weighted by Gasteiger charge is -2.41. The predicted molar refractivity (Wildman–Crippen MR) is 58.4 cm³/mol. The molecule has 2 saturated heterocycles. The second-order valence-electron chi connectivity index (χ2n) is 5.91. The molecule has 1 saturated carbocycles. The SMILES string of the molecule is CC1(N2CCC3(CCNC3)CC2)CC1. The molecule has 1 N–H and O–H groups in total. The molecule has 2 nitrogen and oxygen atoms in total. The zero-order valence-electron chi connectivity index (χ0n) is 9.31. The molecule has 80 valence electrons. The van der Waals surface area contributed by atoms with Crippen LogP contribution >= 0.6 is 0 Å². The molecule has 2 aliphatic heterocycles. The topological polar surface area (TPSA) is 15.3 Å². The van der Waals surface area contributed by atoms with Crippen LogP contribution in [0.3, 0.4) is 0 Å². The van der Waals surface area contributed by atoms with Crippen molar-refractivity contribution in [3.8, 4) is 0 Å². The van der Waals surface area contributed by atoms with Gasteiger partial charge in [0.2, 0.25) is 0 Å². The Morgan fingerprint density at radius 3 is 2.21 bits per heavy atom. The van der Waals surface area contributed by atoms with E-state index in [1.165, 1.54) is 58.3 Å². The van der Waals surface area contributed by atoms with E-state index in [1.54, 1.807) is 0 Å². The van der Waals surface area contributed by atoms with Gasteiger partial charge >= 0.3 is 0 Å². The Kier molecular flexibility index (Phi) is 1.94. The van der Waals surface area contributed by atoms with E-state index in [0.717, 1.165) is 0 Å². The van der Waals surface area contributed by atoms with Crippen molar-refractivity contribution in [2.45, 2.75) is 44.6 Å². The Bertz CT molecular complexity index is 216. The van der Waals surface area contributed by atoms with Crippen molar-refractivity contribution in [3.05, 3.63) is 0 Å². The maximum atomic E-state index is 3.53. The van der Waals surface area contributed by atoms with E-state index >= 15 is 0 Å². The second kappa shape index (κ2) is 2.96. The van der Waals surface area contributed by atoms with Crippen molar-refractivity contribution in [1.82, 2.24) is 10.2 Å². The average molecular weight is 194 g/mol. The van der Waals surface area contributed by atoms with Gasteiger partial charge in [-0.2, -0.15) is 0 Å². The lowest BCUT2D eigenvalue weighted by atomic mass is 9.77. The summed E-state index contributed by atoms with van der Waals surface area (Å²) >= 11 is 0. The Balaban J connectivity index is 1.61. The molecule has 0 amide bonds. The second-order valence-corrected chi connectivity index (χ2v) is 5.91. The first-order chi connectivity index (χ1) is 6.73. The molecule has 0 unspecified atom stereocenters. The van der Waals surface area contributed by atoms with Gasteiger partial charge in [0.15, 0.2) is 0 Å². The van der Waals surface area contributed by atoms with Gasteiger partial charge in [-0.3, -0.25) is 4.90 Å². The smallest absolute Gasteiger partial charge is 0.0182 e. The van der Waals surface area contributed by atoms with Gasteiger partial charge in [-0.1, -0.05) is 0 Å². The first-order valence-electron chi connectivity index (χ1n) is 6.18. The summed E-state index contributed by atoms with van der Waals surface area (Å²) in [7, 11) is 0. The molecule has 1 aliphatic carbocycles. The third kappa shape index (κ3) is 1.40. The van der Waals surface area contributed by atoms with E-state index in [0.29, 0.717) is 11.0 Å². The minimum atomic E-state index is 0.619. The van der Waals surface area contributed by atoms with Gasteiger partial charge < -0.3 is 5.32 Å². The Morgan fingerprint density at radius 1 is 1.00 bits per heavy atom. The molecule has 3 aliphatic rings. The fourth-order valence-corrected chi connectivity index (χ4v) is 3.24. The molecular weight excluding hydrogens is 172 g/mol. The predicted octanol–water partition coefficient (Wildman–Crippen LogP) is 1.61. The van der Waals surface area contributed by atoms with Gasteiger partial charge in [0.25, 0.3) is 0 Å². The van der Waals surface area contributed by atoms with Crippen LogP contribution in [0.2, 0.25) is 0 Å². The minimum Gasteiger partial charge on any atom is -0.316 e. The highest BCUT2D eigenvalue weighted by atomic mass is 15.2. The molecule has 0 radical (unpaired) electrons. The van der Waals surface area contributed by atoms with Crippen LogP contribution < -0.4 is 5.32 Å². The highest BCUT2D eigenvalue weighted by molar-refractivity contribution is 5.03.